The van der Waals surface area contributed by atoms with Crippen LogP contribution < -0.4 is 4.74 Å². The molecule has 0 aromatic heterocycles. The lowest BCUT2D eigenvalue weighted by molar-refractivity contribution is 0.411. The summed E-state index contributed by atoms with van der Waals surface area (Å²) >= 11 is 6.21. The Morgan fingerprint density at radius 2 is 2.00 bits per heavy atom. The van der Waals surface area contributed by atoms with E-state index in [1.54, 1.807) is 7.11 Å². The van der Waals surface area contributed by atoms with Crippen molar-refractivity contribution < 1.29 is 4.74 Å². The third-order valence-electron chi connectivity index (χ3n) is 3.40. The normalized spacial score (nSPS) is 20.0. The Hall–Kier alpha value is -0.950. The summed E-state index contributed by atoms with van der Waals surface area (Å²) in [5.74, 6) is 0.963. The van der Waals surface area contributed by atoms with Gasteiger partial charge in [0.25, 0.3) is 0 Å². The van der Waals surface area contributed by atoms with Gasteiger partial charge >= 0.3 is 0 Å². The SMILES string of the molecule is COc1cc(C)c(C2=CC(Cl)CCC2)cc1C. The van der Waals surface area contributed by atoms with Crippen LogP contribution in [0.1, 0.15) is 36.0 Å². The van der Waals surface area contributed by atoms with Crippen LogP contribution in [0.2, 0.25) is 0 Å². The number of hydrogen-bond donors (Lipinski definition) is 0. The van der Waals surface area contributed by atoms with E-state index in [-0.39, 0.29) is 5.38 Å². The number of methoxy groups -OCH3 is 1. The number of halogens is 1. The molecule has 0 amide bonds. The first-order chi connectivity index (χ1) is 8.11. The maximum Gasteiger partial charge on any atom is 0.122 e. The van der Waals surface area contributed by atoms with E-state index in [2.05, 4.69) is 32.1 Å². The van der Waals surface area contributed by atoms with E-state index in [0.29, 0.717) is 0 Å². The van der Waals surface area contributed by atoms with Crippen molar-refractivity contribution in [3.05, 3.63) is 34.9 Å². The van der Waals surface area contributed by atoms with Gasteiger partial charge in [-0.05, 0) is 67.5 Å². The number of rotatable bonds is 2. The van der Waals surface area contributed by atoms with Gasteiger partial charge in [0.1, 0.15) is 5.75 Å². The predicted octanol–water partition coefficient (Wildman–Crippen LogP) is 4.49. The third-order valence-corrected chi connectivity index (χ3v) is 3.74. The molecule has 0 radical (unpaired) electrons. The lowest BCUT2D eigenvalue weighted by Gasteiger charge is -2.19. The zero-order valence-electron chi connectivity index (χ0n) is 10.7. The number of benzene rings is 1. The van der Waals surface area contributed by atoms with Crippen LogP contribution in [0.25, 0.3) is 5.57 Å². The van der Waals surface area contributed by atoms with Gasteiger partial charge in [-0.3, -0.25) is 0 Å². The van der Waals surface area contributed by atoms with E-state index in [1.807, 2.05) is 0 Å². The molecule has 0 fully saturated rings. The minimum absolute atomic E-state index is 0.195. The van der Waals surface area contributed by atoms with Gasteiger partial charge in [-0.25, -0.2) is 0 Å². The monoisotopic (exact) mass is 250 g/mol. The minimum Gasteiger partial charge on any atom is -0.496 e. The molecule has 1 aliphatic carbocycles. The maximum absolute atomic E-state index is 6.21. The van der Waals surface area contributed by atoms with Crippen molar-refractivity contribution in [2.75, 3.05) is 7.11 Å². The summed E-state index contributed by atoms with van der Waals surface area (Å²) < 4.78 is 5.34. The molecule has 1 aromatic rings. The van der Waals surface area contributed by atoms with Crippen LogP contribution in [-0.2, 0) is 0 Å². The second kappa shape index (κ2) is 5.14. The highest BCUT2D eigenvalue weighted by Crippen LogP contribution is 2.33. The molecule has 1 atom stereocenters. The van der Waals surface area contributed by atoms with Gasteiger partial charge in [-0.2, -0.15) is 0 Å². The summed E-state index contributed by atoms with van der Waals surface area (Å²) in [7, 11) is 1.72. The standard InChI is InChI=1S/C15H19ClO/c1-10-8-15(17-3)11(2)7-14(10)12-5-4-6-13(16)9-12/h7-9,13H,4-6H2,1-3H3. The molecule has 1 aromatic carbocycles. The maximum atomic E-state index is 6.21. The third kappa shape index (κ3) is 2.66. The Kier molecular flexibility index (Phi) is 3.78. The Labute approximate surface area is 108 Å². The van der Waals surface area contributed by atoms with Crippen LogP contribution in [0.5, 0.6) is 5.75 Å². The zero-order chi connectivity index (χ0) is 12.4. The molecule has 2 rings (SSSR count). The summed E-state index contributed by atoms with van der Waals surface area (Å²) in [5.41, 5.74) is 5.17. The van der Waals surface area contributed by atoms with Crippen LogP contribution >= 0.6 is 11.6 Å². The Morgan fingerprint density at radius 1 is 1.24 bits per heavy atom. The minimum atomic E-state index is 0.195. The van der Waals surface area contributed by atoms with Crippen molar-refractivity contribution in [2.45, 2.75) is 38.5 Å². The van der Waals surface area contributed by atoms with Gasteiger partial charge in [0.2, 0.25) is 0 Å². The van der Waals surface area contributed by atoms with Crippen LogP contribution in [0.3, 0.4) is 0 Å². The fraction of sp³-hybridized carbons (Fsp3) is 0.467. The number of alkyl halides is 1. The smallest absolute Gasteiger partial charge is 0.122 e. The highest BCUT2D eigenvalue weighted by atomic mass is 35.5. The molecule has 0 bridgehead atoms. The molecule has 0 saturated carbocycles. The molecule has 92 valence electrons. The largest absolute Gasteiger partial charge is 0.496 e. The topological polar surface area (TPSA) is 9.23 Å². The molecule has 1 nitrogen and oxygen atoms in total. The molecule has 1 unspecified atom stereocenters. The van der Waals surface area contributed by atoms with Gasteiger partial charge in [-0.15, -0.1) is 11.6 Å². The van der Waals surface area contributed by atoms with Crippen molar-refractivity contribution in [1.29, 1.82) is 0 Å². The fourth-order valence-corrected chi connectivity index (χ4v) is 2.76. The van der Waals surface area contributed by atoms with Crippen molar-refractivity contribution in [3.63, 3.8) is 0 Å². The number of ether oxygens (including phenoxy) is 1. The summed E-state index contributed by atoms with van der Waals surface area (Å²) in [4.78, 5) is 0. The average Bonchev–Trinajstić information content (AvgIpc) is 2.31. The quantitative estimate of drug-likeness (QED) is 0.703. The molecular formula is C15H19ClO. The fourth-order valence-electron chi connectivity index (χ4n) is 2.45. The molecule has 2 heteroatoms. The molecule has 1 aliphatic rings. The van der Waals surface area contributed by atoms with Crippen LogP contribution in [-0.4, -0.2) is 12.5 Å². The molecule has 0 heterocycles. The van der Waals surface area contributed by atoms with E-state index < -0.39 is 0 Å². The van der Waals surface area contributed by atoms with E-state index in [4.69, 9.17) is 16.3 Å². The van der Waals surface area contributed by atoms with Crippen LogP contribution in [0.15, 0.2) is 18.2 Å². The second-order valence-corrected chi connectivity index (χ2v) is 5.30. The van der Waals surface area contributed by atoms with Gasteiger partial charge in [-0.1, -0.05) is 6.08 Å². The second-order valence-electron chi connectivity index (χ2n) is 4.74. The van der Waals surface area contributed by atoms with Crippen molar-refractivity contribution >= 4 is 17.2 Å². The number of hydrogen-bond acceptors (Lipinski definition) is 1. The molecule has 0 aliphatic heterocycles. The van der Waals surface area contributed by atoms with Gasteiger partial charge < -0.3 is 4.74 Å². The summed E-state index contributed by atoms with van der Waals surface area (Å²) in [6.45, 7) is 4.22. The van der Waals surface area contributed by atoms with E-state index >= 15 is 0 Å². The Balaban J connectivity index is 2.42. The molecule has 0 spiro atoms. The Morgan fingerprint density at radius 3 is 2.65 bits per heavy atom. The number of aryl methyl sites for hydroxylation is 2. The van der Waals surface area contributed by atoms with Crippen molar-refractivity contribution in [1.82, 2.24) is 0 Å². The summed E-state index contributed by atoms with van der Waals surface area (Å²) in [6.07, 6.45) is 5.62. The molecule has 17 heavy (non-hydrogen) atoms. The summed E-state index contributed by atoms with van der Waals surface area (Å²) in [6, 6.07) is 4.33. The highest BCUT2D eigenvalue weighted by molar-refractivity contribution is 6.22. The predicted molar refractivity (Wildman–Crippen MR) is 73.9 cm³/mol. The molecule has 0 N–H and O–H groups in total. The first kappa shape index (κ1) is 12.5. The lowest BCUT2D eigenvalue weighted by atomic mass is 9.90. The van der Waals surface area contributed by atoms with Gasteiger partial charge in [0.15, 0.2) is 0 Å². The average molecular weight is 251 g/mol. The first-order valence-corrected chi connectivity index (χ1v) is 6.56. The van der Waals surface area contributed by atoms with Crippen LogP contribution in [0.4, 0.5) is 0 Å². The van der Waals surface area contributed by atoms with E-state index in [9.17, 15) is 0 Å². The first-order valence-electron chi connectivity index (χ1n) is 6.12. The van der Waals surface area contributed by atoms with Crippen LogP contribution in [0, 0.1) is 13.8 Å². The molecular weight excluding hydrogens is 232 g/mol. The Bertz CT molecular complexity index is 448. The number of allylic oxidation sites excluding steroid dienone is 2. The highest BCUT2D eigenvalue weighted by Gasteiger charge is 2.15. The van der Waals surface area contributed by atoms with E-state index in [1.165, 1.54) is 28.7 Å². The summed E-state index contributed by atoms with van der Waals surface area (Å²) in [5, 5.41) is 0.195. The van der Waals surface area contributed by atoms with E-state index in [0.717, 1.165) is 18.6 Å². The lowest BCUT2D eigenvalue weighted by Crippen LogP contribution is -2.04. The van der Waals surface area contributed by atoms with Crippen molar-refractivity contribution in [3.8, 4) is 5.75 Å². The zero-order valence-corrected chi connectivity index (χ0v) is 11.5. The van der Waals surface area contributed by atoms with Gasteiger partial charge in [0.05, 0.1) is 12.5 Å². The van der Waals surface area contributed by atoms with Gasteiger partial charge in [0, 0.05) is 0 Å². The molecule has 0 saturated heterocycles. The van der Waals surface area contributed by atoms with Crippen molar-refractivity contribution in [2.24, 2.45) is 0 Å².